The molecule has 1 atom stereocenters. The summed E-state index contributed by atoms with van der Waals surface area (Å²) in [6, 6.07) is 1.50. The highest BCUT2D eigenvalue weighted by atomic mass is 35.5. The number of nitrogens with zero attached hydrogens (tertiary/aromatic N) is 2. The normalized spacial score (nSPS) is 19.8. The lowest BCUT2D eigenvalue weighted by molar-refractivity contribution is -0.123. The van der Waals surface area contributed by atoms with Gasteiger partial charge in [0.25, 0.3) is 0 Å². The monoisotopic (exact) mass is 273 g/mol. The molecular weight excluding hydrogens is 265 g/mol. The van der Waals surface area contributed by atoms with E-state index < -0.39 is 11.8 Å². The van der Waals surface area contributed by atoms with Gasteiger partial charge in [0.05, 0.1) is 16.0 Å². The zero-order valence-corrected chi connectivity index (χ0v) is 10.2. The summed E-state index contributed by atoms with van der Waals surface area (Å²) in [6.07, 6.45) is 1.49. The number of nitrogens with two attached hydrogens (primary N) is 1. The van der Waals surface area contributed by atoms with Crippen molar-refractivity contribution in [3.8, 4) is 0 Å². The fourth-order valence-electron chi connectivity index (χ4n) is 1.71. The summed E-state index contributed by atoms with van der Waals surface area (Å²) < 4.78 is 0. The molecular formula is C10H9Cl2N3O2. The van der Waals surface area contributed by atoms with E-state index in [0.29, 0.717) is 10.8 Å². The van der Waals surface area contributed by atoms with E-state index >= 15 is 0 Å². The first-order valence-electron chi connectivity index (χ1n) is 4.89. The van der Waals surface area contributed by atoms with Gasteiger partial charge in [-0.25, -0.2) is 4.98 Å². The average Bonchev–Trinajstić information content (AvgIpc) is 2.61. The number of hydrogen-bond acceptors (Lipinski definition) is 3. The van der Waals surface area contributed by atoms with Gasteiger partial charge in [0.1, 0.15) is 0 Å². The fraction of sp³-hybridized carbons (Fsp3) is 0.300. The third kappa shape index (κ3) is 2.35. The van der Waals surface area contributed by atoms with Gasteiger partial charge < -0.3 is 5.73 Å². The Morgan fingerprint density at radius 2 is 2.24 bits per heavy atom. The van der Waals surface area contributed by atoms with Gasteiger partial charge in [-0.1, -0.05) is 23.2 Å². The molecule has 0 radical (unpaired) electrons. The van der Waals surface area contributed by atoms with Gasteiger partial charge in [-0.05, 0) is 6.07 Å². The summed E-state index contributed by atoms with van der Waals surface area (Å²) in [5.41, 5.74) is 5.17. The van der Waals surface area contributed by atoms with Gasteiger partial charge in [-0.15, -0.1) is 0 Å². The number of anilines is 1. The lowest BCUT2D eigenvalue weighted by Gasteiger charge is -2.16. The van der Waals surface area contributed by atoms with Gasteiger partial charge in [-0.3, -0.25) is 14.5 Å². The van der Waals surface area contributed by atoms with Crippen molar-refractivity contribution in [2.75, 3.05) is 11.4 Å². The molecule has 1 aromatic rings. The molecule has 90 valence electrons. The quantitative estimate of drug-likeness (QED) is 0.881. The highest BCUT2D eigenvalue weighted by molar-refractivity contribution is 6.36. The number of carbonyl (C=O) groups is 2. The highest BCUT2D eigenvalue weighted by Crippen LogP contribution is 2.30. The number of hydrogen-bond donors (Lipinski definition) is 1. The molecule has 0 spiro atoms. The Hall–Kier alpha value is -1.33. The molecule has 0 aromatic carbocycles. The van der Waals surface area contributed by atoms with Crippen LogP contribution < -0.4 is 10.6 Å². The maximum Gasteiger partial charge on any atom is 0.229 e. The second kappa shape index (κ2) is 4.50. The molecule has 1 aliphatic rings. The summed E-state index contributed by atoms with van der Waals surface area (Å²) >= 11 is 11.7. The first-order chi connectivity index (χ1) is 7.99. The molecule has 2 N–H and O–H groups in total. The molecule has 1 fully saturated rings. The van der Waals surface area contributed by atoms with Crippen LogP contribution in [0.5, 0.6) is 0 Å². The van der Waals surface area contributed by atoms with Crippen LogP contribution in [0.15, 0.2) is 12.3 Å². The molecule has 0 bridgehead atoms. The second-order valence-electron chi connectivity index (χ2n) is 3.77. The van der Waals surface area contributed by atoms with Crippen molar-refractivity contribution < 1.29 is 9.59 Å². The van der Waals surface area contributed by atoms with Crippen molar-refractivity contribution in [2.45, 2.75) is 6.42 Å². The molecule has 7 heteroatoms. The summed E-state index contributed by atoms with van der Waals surface area (Å²) in [7, 11) is 0. The topological polar surface area (TPSA) is 76.3 Å². The molecule has 1 unspecified atom stereocenters. The van der Waals surface area contributed by atoms with E-state index in [4.69, 9.17) is 28.9 Å². The zero-order chi connectivity index (χ0) is 12.6. The SMILES string of the molecule is NC(=O)C1CC(=O)N(c2ncc(Cl)cc2Cl)C1. The first kappa shape index (κ1) is 12.1. The van der Waals surface area contributed by atoms with Crippen molar-refractivity contribution in [3.63, 3.8) is 0 Å². The van der Waals surface area contributed by atoms with E-state index in [2.05, 4.69) is 4.98 Å². The maximum atomic E-state index is 11.7. The molecule has 2 rings (SSSR count). The molecule has 0 saturated carbocycles. The minimum atomic E-state index is -0.495. The van der Waals surface area contributed by atoms with Crippen LogP contribution in [0, 0.1) is 5.92 Å². The number of primary amides is 1. The van der Waals surface area contributed by atoms with Gasteiger partial charge in [0.2, 0.25) is 11.8 Å². The predicted molar refractivity (Wildman–Crippen MR) is 63.9 cm³/mol. The van der Waals surface area contributed by atoms with E-state index in [1.807, 2.05) is 0 Å². The summed E-state index contributed by atoms with van der Waals surface area (Å²) in [5.74, 6) is -0.891. The van der Waals surface area contributed by atoms with E-state index in [-0.39, 0.29) is 23.9 Å². The molecule has 1 aromatic heterocycles. The van der Waals surface area contributed by atoms with Crippen LogP contribution >= 0.6 is 23.2 Å². The van der Waals surface area contributed by atoms with Crippen molar-refractivity contribution in [1.29, 1.82) is 0 Å². The zero-order valence-electron chi connectivity index (χ0n) is 8.69. The number of carbonyl (C=O) groups excluding carboxylic acids is 2. The molecule has 0 aliphatic carbocycles. The standard InChI is InChI=1S/C10H9Cl2N3O2/c11-6-2-7(12)10(14-3-6)15-4-5(9(13)17)1-8(15)16/h2-3,5H,1,4H2,(H2,13,17). The second-order valence-corrected chi connectivity index (χ2v) is 4.61. The van der Waals surface area contributed by atoms with Crippen LogP contribution in [0.25, 0.3) is 0 Å². The third-order valence-corrected chi connectivity index (χ3v) is 3.06. The van der Waals surface area contributed by atoms with Crippen LogP contribution in [0.3, 0.4) is 0 Å². The molecule has 1 saturated heterocycles. The number of rotatable bonds is 2. The lowest BCUT2D eigenvalue weighted by atomic mass is 10.1. The Morgan fingerprint density at radius 3 is 2.76 bits per heavy atom. The fourth-order valence-corrected chi connectivity index (χ4v) is 2.19. The van der Waals surface area contributed by atoms with Crippen LogP contribution in [-0.2, 0) is 9.59 Å². The van der Waals surface area contributed by atoms with Gasteiger partial charge in [0.15, 0.2) is 5.82 Å². The Balaban J connectivity index is 2.29. The van der Waals surface area contributed by atoms with Crippen molar-refractivity contribution in [1.82, 2.24) is 4.98 Å². The van der Waals surface area contributed by atoms with Crippen LogP contribution in [0.2, 0.25) is 10.0 Å². The maximum absolute atomic E-state index is 11.7. The summed E-state index contributed by atoms with van der Waals surface area (Å²) in [6.45, 7) is 0.211. The first-order valence-corrected chi connectivity index (χ1v) is 5.65. The molecule has 2 heterocycles. The van der Waals surface area contributed by atoms with E-state index in [1.54, 1.807) is 0 Å². The van der Waals surface area contributed by atoms with Gasteiger partial charge >= 0.3 is 0 Å². The largest absolute Gasteiger partial charge is 0.369 e. The lowest BCUT2D eigenvalue weighted by Crippen LogP contribution is -2.29. The molecule has 1 aliphatic heterocycles. The minimum absolute atomic E-state index is 0.0932. The molecule has 2 amide bonds. The van der Waals surface area contributed by atoms with E-state index in [1.165, 1.54) is 17.2 Å². The summed E-state index contributed by atoms with van der Waals surface area (Å²) in [5, 5.41) is 0.660. The van der Waals surface area contributed by atoms with Crippen LogP contribution in [-0.4, -0.2) is 23.3 Å². The van der Waals surface area contributed by atoms with Crippen molar-refractivity contribution in [2.24, 2.45) is 11.7 Å². The van der Waals surface area contributed by atoms with E-state index in [9.17, 15) is 9.59 Å². The van der Waals surface area contributed by atoms with Gasteiger partial charge in [-0.2, -0.15) is 0 Å². The van der Waals surface area contributed by atoms with Crippen LogP contribution in [0.1, 0.15) is 6.42 Å². The number of amides is 2. The van der Waals surface area contributed by atoms with Crippen molar-refractivity contribution >= 4 is 40.8 Å². The highest BCUT2D eigenvalue weighted by Gasteiger charge is 2.35. The molecule has 5 nitrogen and oxygen atoms in total. The number of pyridine rings is 1. The average molecular weight is 274 g/mol. The molecule has 17 heavy (non-hydrogen) atoms. The smallest absolute Gasteiger partial charge is 0.229 e. The number of aromatic nitrogens is 1. The third-order valence-electron chi connectivity index (χ3n) is 2.57. The minimum Gasteiger partial charge on any atom is -0.369 e. The van der Waals surface area contributed by atoms with E-state index in [0.717, 1.165) is 0 Å². The van der Waals surface area contributed by atoms with Crippen molar-refractivity contribution in [3.05, 3.63) is 22.3 Å². The number of halogens is 2. The van der Waals surface area contributed by atoms with Crippen LogP contribution in [0.4, 0.5) is 5.82 Å². The Bertz CT molecular complexity index is 492. The van der Waals surface area contributed by atoms with Gasteiger partial charge in [0, 0.05) is 19.2 Å². The predicted octanol–water partition coefficient (Wildman–Crippen LogP) is 1.23. The Morgan fingerprint density at radius 1 is 1.53 bits per heavy atom. The summed E-state index contributed by atoms with van der Waals surface area (Å²) in [4.78, 5) is 28.1. The Labute approximate surface area is 107 Å². The Kier molecular flexibility index (Phi) is 3.22.